The van der Waals surface area contributed by atoms with Gasteiger partial charge in [0.2, 0.25) is 5.91 Å². The Morgan fingerprint density at radius 2 is 1.62 bits per heavy atom. The van der Waals surface area contributed by atoms with Crippen molar-refractivity contribution in [2.75, 3.05) is 36.4 Å². The van der Waals surface area contributed by atoms with Gasteiger partial charge in [-0.25, -0.2) is 4.39 Å². The summed E-state index contributed by atoms with van der Waals surface area (Å²) in [7, 11) is 0. The predicted octanol–water partition coefficient (Wildman–Crippen LogP) is 2.97. The SMILES string of the molecule is C[C@@H](Nc1ccc(F)cc1)C(=O)N1CCN(c2ccccc2)CC1. The summed E-state index contributed by atoms with van der Waals surface area (Å²) in [4.78, 5) is 16.8. The lowest BCUT2D eigenvalue weighted by Gasteiger charge is -2.37. The molecule has 24 heavy (non-hydrogen) atoms. The van der Waals surface area contributed by atoms with Crippen LogP contribution in [0.1, 0.15) is 6.92 Å². The summed E-state index contributed by atoms with van der Waals surface area (Å²) in [6.07, 6.45) is 0. The molecule has 0 bridgehead atoms. The first-order valence-electron chi connectivity index (χ1n) is 8.24. The summed E-state index contributed by atoms with van der Waals surface area (Å²) in [6.45, 7) is 4.93. The first kappa shape index (κ1) is 16.3. The molecule has 1 N–H and O–H groups in total. The van der Waals surface area contributed by atoms with Crippen molar-refractivity contribution in [2.45, 2.75) is 13.0 Å². The highest BCUT2D eigenvalue weighted by Crippen LogP contribution is 2.17. The van der Waals surface area contributed by atoms with Gasteiger partial charge < -0.3 is 15.1 Å². The molecule has 0 saturated carbocycles. The molecule has 0 aromatic heterocycles. The Kier molecular flexibility index (Phi) is 4.99. The molecule has 1 heterocycles. The monoisotopic (exact) mass is 327 g/mol. The van der Waals surface area contributed by atoms with Crippen molar-refractivity contribution in [1.82, 2.24) is 4.90 Å². The molecule has 2 aromatic carbocycles. The van der Waals surface area contributed by atoms with Crippen LogP contribution in [0, 0.1) is 5.82 Å². The molecule has 0 aliphatic carbocycles. The number of nitrogens with one attached hydrogen (secondary N) is 1. The highest BCUT2D eigenvalue weighted by atomic mass is 19.1. The Morgan fingerprint density at radius 3 is 2.25 bits per heavy atom. The van der Waals surface area contributed by atoms with E-state index in [1.807, 2.05) is 30.0 Å². The van der Waals surface area contributed by atoms with Crippen LogP contribution in [-0.2, 0) is 4.79 Å². The second-order valence-corrected chi connectivity index (χ2v) is 6.02. The fourth-order valence-electron chi connectivity index (χ4n) is 2.96. The predicted molar refractivity (Wildman–Crippen MR) is 94.7 cm³/mol. The molecule has 4 nitrogen and oxygen atoms in total. The van der Waals surface area contributed by atoms with Gasteiger partial charge in [0.05, 0.1) is 0 Å². The van der Waals surface area contributed by atoms with Crippen LogP contribution in [0.15, 0.2) is 54.6 Å². The van der Waals surface area contributed by atoms with Gasteiger partial charge in [-0.2, -0.15) is 0 Å². The van der Waals surface area contributed by atoms with Gasteiger partial charge in [0, 0.05) is 37.6 Å². The van der Waals surface area contributed by atoms with Crippen LogP contribution in [0.2, 0.25) is 0 Å². The third kappa shape index (κ3) is 3.85. The smallest absolute Gasteiger partial charge is 0.244 e. The van der Waals surface area contributed by atoms with Gasteiger partial charge in [-0.05, 0) is 43.3 Å². The zero-order chi connectivity index (χ0) is 16.9. The Morgan fingerprint density at radius 1 is 1.00 bits per heavy atom. The minimum absolute atomic E-state index is 0.0760. The Labute approximate surface area is 141 Å². The number of hydrogen-bond donors (Lipinski definition) is 1. The minimum atomic E-state index is -0.335. The van der Waals surface area contributed by atoms with E-state index in [9.17, 15) is 9.18 Å². The maximum atomic E-state index is 12.9. The lowest BCUT2D eigenvalue weighted by atomic mass is 10.2. The van der Waals surface area contributed by atoms with E-state index < -0.39 is 0 Å². The fraction of sp³-hybridized carbons (Fsp3) is 0.316. The van der Waals surface area contributed by atoms with E-state index in [4.69, 9.17) is 0 Å². The number of hydrogen-bond acceptors (Lipinski definition) is 3. The minimum Gasteiger partial charge on any atom is -0.374 e. The van der Waals surface area contributed by atoms with Crippen LogP contribution >= 0.6 is 0 Å². The topological polar surface area (TPSA) is 35.6 Å². The molecule has 1 aliphatic rings. The summed E-state index contributed by atoms with van der Waals surface area (Å²) >= 11 is 0. The second-order valence-electron chi connectivity index (χ2n) is 6.02. The molecule has 0 radical (unpaired) electrons. The molecule has 1 fully saturated rings. The molecule has 126 valence electrons. The van der Waals surface area contributed by atoms with E-state index in [0.29, 0.717) is 13.1 Å². The second kappa shape index (κ2) is 7.34. The van der Waals surface area contributed by atoms with Gasteiger partial charge in [0.15, 0.2) is 0 Å². The quantitative estimate of drug-likeness (QED) is 0.938. The molecule has 3 rings (SSSR count). The Balaban J connectivity index is 1.53. The normalized spacial score (nSPS) is 15.9. The molecule has 5 heteroatoms. The van der Waals surface area contributed by atoms with Crippen LogP contribution in [0.5, 0.6) is 0 Å². The maximum Gasteiger partial charge on any atom is 0.244 e. The van der Waals surface area contributed by atoms with Crippen molar-refractivity contribution >= 4 is 17.3 Å². The summed E-state index contributed by atoms with van der Waals surface area (Å²) in [5.41, 5.74) is 1.95. The summed E-state index contributed by atoms with van der Waals surface area (Å²) < 4.78 is 12.9. The average Bonchev–Trinajstić information content (AvgIpc) is 2.64. The van der Waals surface area contributed by atoms with Crippen LogP contribution in [0.25, 0.3) is 0 Å². The summed E-state index contributed by atoms with van der Waals surface area (Å²) in [5, 5.41) is 3.14. The van der Waals surface area contributed by atoms with Crippen LogP contribution in [0.4, 0.5) is 15.8 Å². The van der Waals surface area contributed by atoms with Gasteiger partial charge in [-0.1, -0.05) is 18.2 Å². The lowest BCUT2D eigenvalue weighted by molar-refractivity contribution is -0.131. The number of halogens is 1. The molecular formula is C19H22FN3O. The van der Waals surface area contributed by atoms with Crippen LogP contribution in [-0.4, -0.2) is 43.0 Å². The van der Waals surface area contributed by atoms with E-state index in [2.05, 4.69) is 22.3 Å². The zero-order valence-electron chi connectivity index (χ0n) is 13.8. The van der Waals surface area contributed by atoms with E-state index in [1.165, 1.54) is 17.8 Å². The number of piperazine rings is 1. The zero-order valence-corrected chi connectivity index (χ0v) is 13.8. The summed E-state index contributed by atoms with van der Waals surface area (Å²) in [5.74, 6) is -0.205. The van der Waals surface area contributed by atoms with E-state index in [0.717, 1.165) is 18.8 Å². The van der Waals surface area contributed by atoms with Crippen molar-refractivity contribution in [3.05, 3.63) is 60.4 Å². The van der Waals surface area contributed by atoms with Gasteiger partial charge in [-0.3, -0.25) is 4.79 Å². The first-order valence-corrected chi connectivity index (χ1v) is 8.24. The lowest BCUT2D eigenvalue weighted by Crippen LogP contribution is -2.52. The van der Waals surface area contributed by atoms with Gasteiger partial charge in [0.25, 0.3) is 0 Å². The number of rotatable bonds is 4. The molecule has 1 saturated heterocycles. The highest BCUT2D eigenvalue weighted by molar-refractivity contribution is 5.84. The van der Waals surface area contributed by atoms with Gasteiger partial charge in [0.1, 0.15) is 11.9 Å². The van der Waals surface area contributed by atoms with Gasteiger partial charge >= 0.3 is 0 Å². The third-order valence-corrected chi connectivity index (χ3v) is 4.31. The number of benzene rings is 2. The van der Waals surface area contributed by atoms with Crippen molar-refractivity contribution < 1.29 is 9.18 Å². The molecule has 1 atom stereocenters. The molecule has 1 amide bonds. The number of amides is 1. The number of carbonyl (C=O) groups is 1. The van der Waals surface area contributed by atoms with Crippen molar-refractivity contribution in [3.63, 3.8) is 0 Å². The number of nitrogens with zero attached hydrogens (tertiary/aromatic N) is 2. The Hall–Kier alpha value is -2.56. The molecular weight excluding hydrogens is 305 g/mol. The van der Waals surface area contributed by atoms with Gasteiger partial charge in [-0.15, -0.1) is 0 Å². The standard InChI is InChI=1S/C19H22FN3O/c1-15(21-17-9-7-16(20)8-10-17)19(24)23-13-11-22(12-14-23)18-5-3-2-4-6-18/h2-10,15,21H,11-14H2,1H3/t15-/m1/s1. The maximum absolute atomic E-state index is 12.9. The fourth-order valence-corrected chi connectivity index (χ4v) is 2.96. The molecule has 2 aromatic rings. The summed E-state index contributed by atoms with van der Waals surface area (Å²) in [6, 6.07) is 16.0. The number of anilines is 2. The van der Waals surface area contributed by atoms with E-state index in [-0.39, 0.29) is 17.8 Å². The average molecular weight is 327 g/mol. The van der Waals surface area contributed by atoms with E-state index >= 15 is 0 Å². The third-order valence-electron chi connectivity index (χ3n) is 4.31. The van der Waals surface area contributed by atoms with Crippen LogP contribution < -0.4 is 10.2 Å². The first-order chi connectivity index (χ1) is 11.6. The van der Waals surface area contributed by atoms with E-state index in [1.54, 1.807) is 12.1 Å². The van der Waals surface area contributed by atoms with Crippen molar-refractivity contribution in [1.29, 1.82) is 0 Å². The molecule has 0 unspecified atom stereocenters. The number of carbonyl (C=O) groups excluding carboxylic acids is 1. The number of para-hydroxylation sites is 1. The molecule has 1 aliphatic heterocycles. The Bertz CT molecular complexity index is 667. The van der Waals surface area contributed by atoms with Crippen molar-refractivity contribution in [3.8, 4) is 0 Å². The highest BCUT2D eigenvalue weighted by Gasteiger charge is 2.24. The molecule has 0 spiro atoms. The largest absolute Gasteiger partial charge is 0.374 e. The van der Waals surface area contributed by atoms with Crippen LogP contribution in [0.3, 0.4) is 0 Å². The van der Waals surface area contributed by atoms with Crippen molar-refractivity contribution in [2.24, 2.45) is 0 Å².